The molecule has 0 heterocycles. The zero-order valence-electron chi connectivity index (χ0n) is 7.59. The average Bonchev–Trinajstić information content (AvgIpc) is 2.36. The molecule has 1 aliphatic rings. The minimum Gasteiger partial charge on any atom is -0.0813 e. The molecule has 0 aromatic rings. The van der Waals surface area contributed by atoms with E-state index in [0.717, 1.165) is 6.42 Å². The number of hydrogen-bond acceptors (Lipinski definition) is 0. The summed E-state index contributed by atoms with van der Waals surface area (Å²) in [6.07, 6.45) is 10.2. The van der Waals surface area contributed by atoms with Gasteiger partial charge in [-0.1, -0.05) is 38.2 Å². The van der Waals surface area contributed by atoms with Crippen LogP contribution < -0.4 is 0 Å². The Morgan fingerprint density at radius 1 is 1.64 bits per heavy atom. The van der Waals surface area contributed by atoms with Gasteiger partial charge in [-0.15, -0.1) is 0 Å². The molecule has 60 valence electrons. The minimum absolute atomic E-state index is 0.630. The van der Waals surface area contributed by atoms with Crippen LogP contribution in [-0.2, 0) is 0 Å². The van der Waals surface area contributed by atoms with Crippen LogP contribution in [0.15, 0.2) is 35.5 Å². The molecule has 1 aliphatic carbocycles. The third-order valence-corrected chi connectivity index (χ3v) is 1.99. The normalized spacial score (nSPS) is 24.1. The molecule has 1 rings (SSSR count). The quantitative estimate of drug-likeness (QED) is 0.562. The second kappa shape index (κ2) is 3.56. The number of allylic oxidation sites excluding steroid dienone is 6. The maximum Gasteiger partial charge on any atom is -0.00695 e. The van der Waals surface area contributed by atoms with Gasteiger partial charge in [-0.25, -0.2) is 0 Å². The van der Waals surface area contributed by atoms with Crippen LogP contribution in [0.4, 0.5) is 0 Å². The van der Waals surface area contributed by atoms with Crippen LogP contribution in [0.2, 0.25) is 0 Å². The molecule has 0 bridgehead atoms. The summed E-state index contributed by atoms with van der Waals surface area (Å²) in [5.41, 5.74) is 2.81. The molecule has 1 atom stereocenters. The first kappa shape index (κ1) is 8.32. The van der Waals surface area contributed by atoms with Gasteiger partial charge in [0.2, 0.25) is 0 Å². The van der Waals surface area contributed by atoms with E-state index in [0.29, 0.717) is 5.92 Å². The van der Waals surface area contributed by atoms with Crippen molar-refractivity contribution < 1.29 is 0 Å². The zero-order chi connectivity index (χ0) is 8.27. The van der Waals surface area contributed by atoms with Crippen LogP contribution in [0.25, 0.3) is 0 Å². The molecule has 0 fully saturated rings. The van der Waals surface area contributed by atoms with Crippen LogP contribution in [0.1, 0.15) is 27.2 Å². The van der Waals surface area contributed by atoms with Crippen LogP contribution in [0, 0.1) is 5.92 Å². The van der Waals surface area contributed by atoms with E-state index in [1.807, 2.05) is 0 Å². The topological polar surface area (TPSA) is 0 Å². The molecular formula is C11H16. The lowest BCUT2D eigenvalue weighted by atomic mass is 10.1. The van der Waals surface area contributed by atoms with Crippen molar-refractivity contribution in [2.75, 3.05) is 0 Å². The highest BCUT2D eigenvalue weighted by Crippen LogP contribution is 2.21. The first-order chi connectivity index (χ1) is 5.24. The van der Waals surface area contributed by atoms with E-state index in [1.54, 1.807) is 0 Å². The van der Waals surface area contributed by atoms with Crippen molar-refractivity contribution in [3.05, 3.63) is 35.5 Å². The summed E-state index contributed by atoms with van der Waals surface area (Å²) in [5.74, 6) is 0.630. The van der Waals surface area contributed by atoms with Crippen LogP contribution >= 0.6 is 0 Å². The second-order valence-electron chi connectivity index (χ2n) is 3.14. The Kier molecular flexibility index (Phi) is 2.70. The summed E-state index contributed by atoms with van der Waals surface area (Å²) in [7, 11) is 0. The molecule has 0 aromatic heterocycles. The summed E-state index contributed by atoms with van der Waals surface area (Å²) in [4.78, 5) is 0. The highest BCUT2D eigenvalue weighted by Gasteiger charge is 2.04. The molecule has 0 aromatic carbocycles. The lowest BCUT2D eigenvalue weighted by molar-refractivity contribution is 0.955. The maximum atomic E-state index is 2.31. The second-order valence-corrected chi connectivity index (χ2v) is 3.14. The SMILES string of the molecule is CC/C=C(\C)C1=CC(C)C=C1. The Morgan fingerprint density at radius 2 is 2.36 bits per heavy atom. The smallest absolute Gasteiger partial charge is 0.00695 e. The largest absolute Gasteiger partial charge is 0.0813 e. The fourth-order valence-electron chi connectivity index (χ4n) is 1.34. The molecule has 0 amide bonds. The van der Waals surface area contributed by atoms with Crippen molar-refractivity contribution in [3.8, 4) is 0 Å². The third-order valence-electron chi connectivity index (χ3n) is 1.99. The van der Waals surface area contributed by atoms with E-state index in [2.05, 4.69) is 45.1 Å². The average molecular weight is 148 g/mol. The summed E-state index contributed by atoms with van der Waals surface area (Å²) in [6.45, 7) is 6.56. The van der Waals surface area contributed by atoms with Crippen LogP contribution in [-0.4, -0.2) is 0 Å². The number of hydrogen-bond donors (Lipinski definition) is 0. The maximum absolute atomic E-state index is 2.31. The van der Waals surface area contributed by atoms with Crippen molar-refractivity contribution in [2.24, 2.45) is 5.92 Å². The van der Waals surface area contributed by atoms with Gasteiger partial charge in [0.1, 0.15) is 0 Å². The van der Waals surface area contributed by atoms with Crippen molar-refractivity contribution in [3.63, 3.8) is 0 Å². The highest BCUT2D eigenvalue weighted by molar-refractivity contribution is 5.43. The summed E-state index contributed by atoms with van der Waals surface area (Å²) in [6, 6.07) is 0. The first-order valence-electron chi connectivity index (χ1n) is 4.31. The van der Waals surface area contributed by atoms with Gasteiger partial charge in [0.25, 0.3) is 0 Å². The van der Waals surface area contributed by atoms with Crippen LogP contribution in [0.5, 0.6) is 0 Å². The Hall–Kier alpha value is -0.780. The zero-order valence-corrected chi connectivity index (χ0v) is 7.59. The molecule has 0 saturated carbocycles. The molecule has 11 heavy (non-hydrogen) atoms. The summed E-state index contributed by atoms with van der Waals surface area (Å²) >= 11 is 0. The lowest BCUT2D eigenvalue weighted by Crippen LogP contribution is -1.79. The van der Waals surface area contributed by atoms with Gasteiger partial charge in [0.15, 0.2) is 0 Å². The monoisotopic (exact) mass is 148 g/mol. The van der Waals surface area contributed by atoms with Gasteiger partial charge < -0.3 is 0 Å². The van der Waals surface area contributed by atoms with E-state index >= 15 is 0 Å². The van der Waals surface area contributed by atoms with Crippen LogP contribution in [0.3, 0.4) is 0 Å². The Labute approximate surface area is 69.3 Å². The first-order valence-corrected chi connectivity index (χ1v) is 4.31. The van der Waals surface area contributed by atoms with Gasteiger partial charge in [-0.05, 0) is 30.4 Å². The summed E-state index contributed by atoms with van der Waals surface area (Å²) < 4.78 is 0. The molecule has 0 N–H and O–H groups in total. The minimum atomic E-state index is 0.630. The van der Waals surface area contributed by atoms with E-state index in [9.17, 15) is 0 Å². The van der Waals surface area contributed by atoms with Crippen molar-refractivity contribution in [2.45, 2.75) is 27.2 Å². The fraction of sp³-hybridized carbons (Fsp3) is 0.455. The van der Waals surface area contributed by atoms with Gasteiger partial charge >= 0.3 is 0 Å². The van der Waals surface area contributed by atoms with E-state index in [1.165, 1.54) is 11.1 Å². The van der Waals surface area contributed by atoms with Gasteiger partial charge in [-0.2, -0.15) is 0 Å². The van der Waals surface area contributed by atoms with Gasteiger partial charge in [-0.3, -0.25) is 0 Å². The molecule has 0 radical (unpaired) electrons. The Morgan fingerprint density at radius 3 is 2.82 bits per heavy atom. The molecule has 0 aliphatic heterocycles. The van der Waals surface area contributed by atoms with Gasteiger partial charge in [0, 0.05) is 0 Å². The molecule has 0 heteroatoms. The fourth-order valence-corrected chi connectivity index (χ4v) is 1.34. The van der Waals surface area contributed by atoms with Gasteiger partial charge in [0.05, 0.1) is 0 Å². The Balaban J connectivity index is 2.70. The number of rotatable bonds is 2. The molecule has 1 unspecified atom stereocenters. The predicted octanol–water partition coefficient (Wildman–Crippen LogP) is 3.48. The third kappa shape index (κ3) is 2.07. The van der Waals surface area contributed by atoms with Crippen molar-refractivity contribution in [1.82, 2.24) is 0 Å². The molecule has 0 spiro atoms. The standard InChI is InChI=1S/C11H16/c1-4-5-10(3)11-7-6-9(2)8-11/h5-9H,4H2,1-3H3/b10-5+. The lowest BCUT2D eigenvalue weighted by Gasteiger charge is -1.97. The summed E-state index contributed by atoms with van der Waals surface area (Å²) in [5, 5.41) is 0. The highest BCUT2D eigenvalue weighted by atomic mass is 14.1. The molecular weight excluding hydrogens is 132 g/mol. The van der Waals surface area contributed by atoms with E-state index < -0.39 is 0 Å². The van der Waals surface area contributed by atoms with E-state index in [-0.39, 0.29) is 0 Å². The predicted molar refractivity (Wildman–Crippen MR) is 50.4 cm³/mol. The molecule has 0 saturated heterocycles. The molecule has 0 nitrogen and oxygen atoms in total. The Bertz CT molecular complexity index is 216. The van der Waals surface area contributed by atoms with E-state index in [4.69, 9.17) is 0 Å². The van der Waals surface area contributed by atoms with Crippen molar-refractivity contribution >= 4 is 0 Å². The van der Waals surface area contributed by atoms with Crippen molar-refractivity contribution in [1.29, 1.82) is 0 Å².